The van der Waals surface area contributed by atoms with Gasteiger partial charge in [-0.3, -0.25) is 10.1 Å². The van der Waals surface area contributed by atoms with Crippen LogP contribution in [0.4, 0.5) is 0 Å². The number of aryl methyl sites for hydroxylation is 1. The molecule has 0 saturated carbocycles. The standard InChI is InChI=1S/C11H20N4/c1-5-10(6-11(12)13)15-9(4)7(2)8(3)14-15/h10H,5-6H2,1-4H3,(H3,12,13). The molecule has 0 bridgehead atoms. The number of nitrogens with zero attached hydrogens (tertiary/aromatic N) is 2. The molecule has 0 aromatic carbocycles. The second kappa shape index (κ2) is 4.47. The molecule has 1 rings (SSSR count). The van der Waals surface area contributed by atoms with Gasteiger partial charge in [0.15, 0.2) is 0 Å². The molecular formula is C11H20N4. The molecule has 0 fully saturated rings. The van der Waals surface area contributed by atoms with E-state index in [-0.39, 0.29) is 11.9 Å². The fourth-order valence-corrected chi connectivity index (χ4v) is 1.76. The van der Waals surface area contributed by atoms with Gasteiger partial charge in [-0.25, -0.2) is 0 Å². The van der Waals surface area contributed by atoms with Gasteiger partial charge in [-0.1, -0.05) is 6.92 Å². The van der Waals surface area contributed by atoms with Gasteiger partial charge in [0, 0.05) is 12.1 Å². The first kappa shape index (κ1) is 11.8. The molecule has 0 amide bonds. The minimum Gasteiger partial charge on any atom is -0.388 e. The van der Waals surface area contributed by atoms with Crippen LogP contribution in [-0.2, 0) is 0 Å². The van der Waals surface area contributed by atoms with Crippen LogP contribution in [0.25, 0.3) is 0 Å². The number of nitrogens with two attached hydrogens (primary N) is 1. The summed E-state index contributed by atoms with van der Waals surface area (Å²) in [4.78, 5) is 0. The second-order valence-electron chi connectivity index (χ2n) is 4.03. The van der Waals surface area contributed by atoms with E-state index in [2.05, 4.69) is 25.9 Å². The van der Waals surface area contributed by atoms with Crippen molar-refractivity contribution in [2.45, 2.75) is 46.6 Å². The fourth-order valence-electron chi connectivity index (χ4n) is 1.76. The summed E-state index contributed by atoms with van der Waals surface area (Å²) < 4.78 is 2.01. The second-order valence-corrected chi connectivity index (χ2v) is 4.03. The smallest absolute Gasteiger partial charge is 0.0926 e. The van der Waals surface area contributed by atoms with E-state index >= 15 is 0 Å². The third-order valence-corrected chi connectivity index (χ3v) is 2.96. The molecule has 15 heavy (non-hydrogen) atoms. The van der Waals surface area contributed by atoms with Crippen LogP contribution < -0.4 is 5.73 Å². The van der Waals surface area contributed by atoms with Crippen LogP contribution in [0.1, 0.15) is 42.8 Å². The van der Waals surface area contributed by atoms with Gasteiger partial charge in [0.25, 0.3) is 0 Å². The van der Waals surface area contributed by atoms with Crippen molar-refractivity contribution in [2.75, 3.05) is 0 Å². The minimum atomic E-state index is 0.217. The number of hydrogen-bond acceptors (Lipinski definition) is 2. The van der Waals surface area contributed by atoms with E-state index in [1.165, 1.54) is 11.3 Å². The Labute approximate surface area is 91.0 Å². The van der Waals surface area contributed by atoms with Gasteiger partial charge in [-0.15, -0.1) is 0 Å². The van der Waals surface area contributed by atoms with E-state index < -0.39 is 0 Å². The lowest BCUT2D eigenvalue weighted by molar-refractivity contribution is 0.441. The lowest BCUT2D eigenvalue weighted by Crippen LogP contribution is -2.20. The summed E-state index contributed by atoms with van der Waals surface area (Å²) in [5.74, 6) is 0.229. The fraction of sp³-hybridized carbons (Fsp3) is 0.636. The van der Waals surface area contributed by atoms with Crippen LogP contribution in [0.2, 0.25) is 0 Å². The predicted octanol–water partition coefficient (Wildman–Crippen LogP) is 2.09. The van der Waals surface area contributed by atoms with Crippen molar-refractivity contribution in [3.8, 4) is 0 Å². The molecule has 1 aromatic heterocycles. The molecule has 0 spiro atoms. The molecule has 4 nitrogen and oxygen atoms in total. The zero-order valence-electron chi connectivity index (χ0n) is 9.96. The summed E-state index contributed by atoms with van der Waals surface area (Å²) in [7, 11) is 0. The molecule has 1 atom stereocenters. The normalized spacial score (nSPS) is 12.8. The zero-order chi connectivity index (χ0) is 11.6. The molecule has 1 unspecified atom stereocenters. The van der Waals surface area contributed by atoms with Gasteiger partial charge in [0.05, 0.1) is 17.6 Å². The highest BCUT2D eigenvalue weighted by Gasteiger charge is 2.16. The van der Waals surface area contributed by atoms with Crippen LogP contribution in [-0.4, -0.2) is 15.6 Å². The Morgan fingerprint density at radius 1 is 1.47 bits per heavy atom. The molecule has 1 heterocycles. The number of hydrogen-bond donors (Lipinski definition) is 2. The van der Waals surface area contributed by atoms with Crippen molar-refractivity contribution >= 4 is 5.84 Å². The van der Waals surface area contributed by atoms with Crippen LogP contribution in [0.3, 0.4) is 0 Å². The largest absolute Gasteiger partial charge is 0.388 e. The van der Waals surface area contributed by atoms with Crippen LogP contribution >= 0.6 is 0 Å². The van der Waals surface area contributed by atoms with Gasteiger partial charge in [-0.05, 0) is 32.8 Å². The summed E-state index contributed by atoms with van der Waals surface area (Å²) in [5, 5.41) is 11.8. The third kappa shape index (κ3) is 2.37. The SMILES string of the molecule is CCC(CC(=N)N)n1nc(C)c(C)c1C. The molecule has 0 radical (unpaired) electrons. The molecule has 1 aromatic rings. The molecular weight excluding hydrogens is 188 g/mol. The Balaban J connectivity index is 3.01. The van der Waals surface area contributed by atoms with Crippen LogP contribution in [0, 0.1) is 26.2 Å². The van der Waals surface area contributed by atoms with Crippen molar-refractivity contribution in [1.29, 1.82) is 5.41 Å². The highest BCUT2D eigenvalue weighted by molar-refractivity contribution is 5.77. The van der Waals surface area contributed by atoms with Crippen LogP contribution in [0.5, 0.6) is 0 Å². The topological polar surface area (TPSA) is 67.7 Å². The predicted molar refractivity (Wildman–Crippen MR) is 62.3 cm³/mol. The van der Waals surface area contributed by atoms with E-state index in [4.69, 9.17) is 11.1 Å². The maximum Gasteiger partial charge on any atom is 0.0926 e. The molecule has 84 valence electrons. The average molecular weight is 208 g/mol. The number of rotatable bonds is 4. The van der Waals surface area contributed by atoms with Gasteiger partial charge in [0.1, 0.15) is 0 Å². The van der Waals surface area contributed by atoms with Crippen LogP contribution in [0.15, 0.2) is 0 Å². The van der Waals surface area contributed by atoms with Gasteiger partial charge < -0.3 is 5.73 Å². The van der Waals surface area contributed by atoms with E-state index in [1.54, 1.807) is 0 Å². The number of amidine groups is 1. The Morgan fingerprint density at radius 2 is 2.07 bits per heavy atom. The molecule has 0 aliphatic carbocycles. The number of aromatic nitrogens is 2. The molecule has 0 aliphatic heterocycles. The maximum atomic E-state index is 7.35. The number of nitrogens with one attached hydrogen (secondary N) is 1. The summed E-state index contributed by atoms with van der Waals surface area (Å²) in [5.41, 5.74) is 8.92. The summed E-state index contributed by atoms with van der Waals surface area (Å²) in [6.45, 7) is 8.26. The van der Waals surface area contributed by atoms with Crippen molar-refractivity contribution < 1.29 is 0 Å². The van der Waals surface area contributed by atoms with Crippen molar-refractivity contribution in [3.05, 3.63) is 17.0 Å². The lowest BCUT2D eigenvalue weighted by atomic mass is 10.1. The van der Waals surface area contributed by atoms with Gasteiger partial charge >= 0.3 is 0 Å². The molecule has 4 heteroatoms. The van der Waals surface area contributed by atoms with Crippen molar-refractivity contribution in [1.82, 2.24) is 9.78 Å². The summed E-state index contributed by atoms with van der Waals surface area (Å²) >= 11 is 0. The molecule has 0 saturated heterocycles. The third-order valence-electron chi connectivity index (χ3n) is 2.96. The first-order chi connectivity index (χ1) is 6.97. The van der Waals surface area contributed by atoms with Crippen molar-refractivity contribution in [3.63, 3.8) is 0 Å². The first-order valence-corrected chi connectivity index (χ1v) is 5.32. The van der Waals surface area contributed by atoms with Gasteiger partial charge in [-0.2, -0.15) is 5.10 Å². The van der Waals surface area contributed by atoms with E-state index in [0.717, 1.165) is 12.1 Å². The summed E-state index contributed by atoms with van der Waals surface area (Å²) in [6.07, 6.45) is 1.53. The highest BCUT2D eigenvalue weighted by Crippen LogP contribution is 2.21. The van der Waals surface area contributed by atoms with E-state index in [1.807, 2.05) is 11.6 Å². The average Bonchev–Trinajstić information content (AvgIpc) is 2.42. The Hall–Kier alpha value is -1.32. The Bertz CT molecular complexity index is 365. The first-order valence-electron chi connectivity index (χ1n) is 5.32. The maximum absolute atomic E-state index is 7.35. The lowest BCUT2D eigenvalue weighted by Gasteiger charge is -2.16. The summed E-state index contributed by atoms with van der Waals surface area (Å²) in [6, 6.07) is 0.217. The monoisotopic (exact) mass is 208 g/mol. The van der Waals surface area contributed by atoms with E-state index in [0.29, 0.717) is 6.42 Å². The Morgan fingerprint density at radius 3 is 2.40 bits per heavy atom. The van der Waals surface area contributed by atoms with E-state index in [9.17, 15) is 0 Å². The zero-order valence-corrected chi connectivity index (χ0v) is 9.96. The Kier molecular flexibility index (Phi) is 3.50. The molecule has 0 aliphatic rings. The molecule has 3 N–H and O–H groups in total. The van der Waals surface area contributed by atoms with Crippen molar-refractivity contribution in [2.24, 2.45) is 5.73 Å². The highest BCUT2D eigenvalue weighted by atomic mass is 15.3. The quantitative estimate of drug-likeness (QED) is 0.587. The van der Waals surface area contributed by atoms with Gasteiger partial charge in [0.2, 0.25) is 0 Å². The minimum absolute atomic E-state index is 0.217.